The normalized spacial score (nSPS) is 13.0. The Morgan fingerprint density at radius 1 is 1.28 bits per heavy atom. The van der Waals surface area contributed by atoms with E-state index < -0.39 is 0 Å². The van der Waals surface area contributed by atoms with Crippen LogP contribution >= 0.6 is 0 Å². The molecule has 1 atom stereocenters. The van der Waals surface area contributed by atoms with Gasteiger partial charge in [-0.1, -0.05) is 19.9 Å². The van der Waals surface area contributed by atoms with Crippen molar-refractivity contribution in [1.82, 2.24) is 4.90 Å². The Hall–Kier alpha value is -1.22. The molecule has 0 aromatic heterocycles. The summed E-state index contributed by atoms with van der Waals surface area (Å²) in [5, 5.41) is 0. The van der Waals surface area contributed by atoms with Gasteiger partial charge in [0.25, 0.3) is 0 Å². The summed E-state index contributed by atoms with van der Waals surface area (Å²) >= 11 is 0. The van der Waals surface area contributed by atoms with Gasteiger partial charge in [-0.2, -0.15) is 0 Å². The summed E-state index contributed by atoms with van der Waals surface area (Å²) in [7, 11) is 2.15. The Labute approximate surface area is 111 Å². The zero-order chi connectivity index (χ0) is 13.5. The fraction of sp³-hybridized carbons (Fsp3) is 0.600. The molecule has 0 amide bonds. The van der Waals surface area contributed by atoms with Crippen molar-refractivity contribution in [3.05, 3.63) is 24.3 Å². The maximum Gasteiger partial charge on any atom is 0.121 e. The third-order valence-electron chi connectivity index (χ3n) is 3.14. The molecule has 0 saturated carbocycles. The third-order valence-corrected chi connectivity index (χ3v) is 3.14. The van der Waals surface area contributed by atoms with Crippen LogP contribution in [0.3, 0.4) is 0 Å². The van der Waals surface area contributed by atoms with Crippen molar-refractivity contribution in [2.45, 2.75) is 33.2 Å². The van der Waals surface area contributed by atoms with E-state index in [0.29, 0.717) is 12.6 Å². The summed E-state index contributed by atoms with van der Waals surface area (Å²) in [6.45, 7) is 8.41. The van der Waals surface area contributed by atoms with Gasteiger partial charge >= 0.3 is 0 Å². The first-order valence-electron chi connectivity index (χ1n) is 6.67. The highest BCUT2D eigenvalue weighted by Crippen LogP contribution is 2.14. The van der Waals surface area contributed by atoms with Crippen molar-refractivity contribution in [1.29, 1.82) is 0 Å². The van der Waals surface area contributed by atoms with E-state index in [-0.39, 0.29) is 0 Å². The first-order chi connectivity index (χ1) is 8.49. The SMILES string of the molecule is CC(C)CC(C)N(C)CCOc1cccc(N)c1. The van der Waals surface area contributed by atoms with Crippen molar-refractivity contribution in [3.63, 3.8) is 0 Å². The van der Waals surface area contributed by atoms with Crippen molar-refractivity contribution >= 4 is 5.69 Å². The molecule has 0 spiro atoms. The van der Waals surface area contributed by atoms with E-state index in [9.17, 15) is 0 Å². The van der Waals surface area contributed by atoms with E-state index in [1.807, 2.05) is 24.3 Å². The Bertz CT molecular complexity index is 352. The lowest BCUT2D eigenvalue weighted by Gasteiger charge is -2.26. The Kier molecular flexibility index (Phi) is 5.99. The second-order valence-electron chi connectivity index (χ2n) is 5.38. The van der Waals surface area contributed by atoms with Gasteiger partial charge in [0.05, 0.1) is 0 Å². The quantitative estimate of drug-likeness (QED) is 0.756. The molecule has 0 heterocycles. The number of hydrogen-bond acceptors (Lipinski definition) is 3. The molecule has 0 aliphatic rings. The van der Waals surface area contributed by atoms with Crippen LogP contribution in [-0.2, 0) is 0 Å². The number of hydrogen-bond donors (Lipinski definition) is 1. The molecule has 18 heavy (non-hydrogen) atoms. The Balaban J connectivity index is 2.29. The zero-order valence-corrected chi connectivity index (χ0v) is 12.0. The molecule has 3 nitrogen and oxygen atoms in total. The standard InChI is InChI=1S/C15H26N2O/c1-12(2)10-13(3)17(4)8-9-18-15-7-5-6-14(16)11-15/h5-7,11-13H,8-10,16H2,1-4H3. The monoisotopic (exact) mass is 250 g/mol. The lowest BCUT2D eigenvalue weighted by atomic mass is 10.0. The highest BCUT2D eigenvalue weighted by Gasteiger charge is 2.10. The Morgan fingerprint density at radius 3 is 2.61 bits per heavy atom. The lowest BCUT2D eigenvalue weighted by molar-refractivity contribution is 0.184. The molecule has 2 N–H and O–H groups in total. The van der Waals surface area contributed by atoms with Crippen LogP contribution in [0.4, 0.5) is 5.69 Å². The number of nitrogens with zero attached hydrogens (tertiary/aromatic N) is 1. The molecule has 1 aromatic carbocycles. The number of nitrogen functional groups attached to an aromatic ring is 1. The summed E-state index contributed by atoms with van der Waals surface area (Å²) in [6, 6.07) is 8.17. The van der Waals surface area contributed by atoms with Gasteiger partial charge in [0.15, 0.2) is 0 Å². The van der Waals surface area contributed by atoms with E-state index in [2.05, 4.69) is 32.7 Å². The minimum absolute atomic E-state index is 0.592. The van der Waals surface area contributed by atoms with Crippen LogP contribution in [-0.4, -0.2) is 31.1 Å². The van der Waals surface area contributed by atoms with Crippen molar-refractivity contribution in [2.75, 3.05) is 25.9 Å². The van der Waals surface area contributed by atoms with Gasteiger partial charge < -0.3 is 15.4 Å². The summed E-state index contributed by atoms with van der Waals surface area (Å²) in [6.07, 6.45) is 1.22. The van der Waals surface area contributed by atoms with E-state index in [1.165, 1.54) is 6.42 Å². The Morgan fingerprint density at radius 2 is 2.00 bits per heavy atom. The van der Waals surface area contributed by atoms with Crippen LogP contribution in [0.25, 0.3) is 0 Å². The molecule has 0 aliphatic heterocycles. The fourth-order valence-electron chi connectivity index (χ4n) is 1.99. The smallest absolute Gasteiger partial charge is 0.121 e. The van der Waals surface area contributed by atoms with Gasteiger partial charge in [-0.25, -0.2) is 0 Å². The number of likely N-dealkylation sites (N-methyl/N-ethyl adjacent to an activating group) is 1. The predicted molar refractivity (Wildman–Crippen MR) is 77.9 cm³/mol. The number of rotatable bonds is 7. The molecule has 0 saturated heterocycles. The largest absolute Gasteiger partial charge is 0.492 e. The van der Waals surface area contributed by atoms with Gasteiger partial charge in [0, 0.05) is 24.3 Å². The number of ether oxygens (including phenoxy) is 1. The molecular formula is C15H26N2O. The summed E-state index contributed by atoms with van der Waals surface area (Å²) < 4.78 is 5.69. The number of nitrogens with two attached hydrogens (primary N) is 1. The van der Waals surface area contributed by atoms with Crippen molar-refractivity contribution in [2.24, 2.45) is 5.92 Å². The van der Waals surface area contributed by atoms with E-state index in [0.717, 1.165) is 23.9 Å². The minimum atomic E-state index is 0.592. The molecule has 0 bridgehead atoms. The maximum absolute atomic E-state index is 5.70. The van der Waals surface area contributed by atoms with Gasteiger partial charge in [0.2, 0.25) is 0 Å². The van der Waals surface area contributed by atoms with Gasteiger partial charge in [-0.3, -0.25) is 0 Å². The fourth-order valence-corrected chi connectivity index (χ4v) is 1.99. The molecule has 0 aliphatic carbocycles. The summed E-state index contributed by atoms with van der Waals surface area (Å²) in [5.74, 6) is 1.58. The minimum Gasteiger partial charge on any atom is -0.492 e. The van der Waals surface area contributed by atoms with Crippen LogP contribution < -0.4 is 10.5 Å². The van der Waals surface area contributed by atoms with Crippen LogP contribution in [0.5, 0.6) is 5.75 Å². The van der Waals surface area contributed by atoms with Gasteiger partial charge in [-0.15, -0.1) is 0 Å². The highest BCUT2D eigenvalue weighted by molar-refractivity contribution is 5.43. The summed E-state index contributed by atoms with van der Waals surface area (Å²) in [4.78, 5) is 2.34. The van der Waals surface area contributed by atoms with Crippen molar-refractivity contribution < 1.29 is 4.74 Å². The molecule has 102 valence electrons. The third kappa shape index (κ3) is 5.41. The first kappa shape index (κ1) is 14.8. The molecular weight excluding hydrogens is 224 g/mol. The average molecular weight is 250 g/mol. The van der Waals surface area contributed by atoms with Crippen LogP contribution in [0.2, 0.25) is 0 Å². The predicted octanol–water partition coefficient (Wildman–Crippen LogP) is 3.01. The van der Waals surface area contributed by atoms with Gasteiger partial charge in [0.1, 0.15) is 12.4 Å². The summed E-state index contributed by atoms with van der Waals surface area (Å²) in [5.41, 5.74) is 6.45. The number of benzene rings is 1. The highest BCUT2D eigenvalue weighted by atomic mass is 16.5. The maximum atomic E-state index is 5.70. The molecule has 0 radical (unpaired) electrons. The molecule has 0 fully saturated rings. The van der Waals surface area contributed by atoms with E-state index in [4.69, 9.17) is 10.5 Å². The lowest BCUT2D eigenvalue weighted by Crippen LogP contribution is -2.33. The van der Waals surface area contributed by atoms with E-state index in [1.54, 1.807) is 0 Å². The molecule has 1 aromatic rings. The second kappa shape index (κ2) is 7.27. The average Bonchev–Trinajstić information content (AvgIpc) is 2.28. The molecule has 1 rings (SSSR count). The van der Waals surface area contributed by atoms with Crippen LogP contribution in [0.15, 0.2) is 24.3 Å². The van der Waals surface area contributed by atoms with Crippen molar-refractivity contribution in [3.8, 4) is 5.75 Å². The molecule has 3 heteroatoms. The first-order valence-corrected chi connectivity index (χ1v) is 6.67. The van der Waals surface area contributed by atoms with Gasteiger partial charge in [-0.05, 0) is 38.4 Å². The topological polar surface area (TPSA) is 38.5 Å². The number of anilines is 1. The second-order valence-corrected chi connectivity index (χ2v) is 5.38. The van der Waals surface area contributed by atoms with Crippen LogP contribution in [0.1, 0.15) is 27.2 Å². The van der Waals surface area contributed by atoms with Crippen LogP contribution in [0, 0.1) is 5.92 Å². The molecule has 1 unspecified atom stereocenters. The van der Waals surface area contributed by atoms with E-state index >= 15 is 0 Å². The zero-order valence-electron chi connectivity index (χ0n) is 12.0.